The number of imide groups is 1. The minimum atomic E-state index is -0.677. The molecule has 3 amide bonds. The maximum Gasteiger partial charge on any atom is 0.329 e. The number of carbonyl (C=O) groups is 3. The van der Waals surface area contributed by atoms with Gasteiger partial charge in [-0.15, -0.1) is 0 Å². The van der Waals surface area contributed by atoms with Crippen molar-refractivity contribution < 1.29 is 23.9 Å². The SMILES string of the molecule is Cn1c(=O)n(C2CCC(=O)NC2=O)c2cccc(CCC3CC4(CCN(CC5(C)Cc6cc(NC(=O)c7cnn8cccnc78)c(N7CCOCC7)cc6O5)CC4)C3)c21. The Balaban J connectivity index is 0.763. The van der Waals surface area contributed by atoms with Gasteiger partial charge in [-0.25, -0.2) is 14.3 Å². The van der Waals surface area contributed by atoms with Gasteiger partial charge in [-0.3, -0.25) is 33.7 Å². The van der Waals surface area contributed by atoms with Crippen LogP contribution in [0.15, 0.2) is 59.8 Å². The maximum absolute atomic E-state index is 13.6. The van der Waals surface area contributed by atoms with E-state index >= 15 is 0 Å². The van der Waals surface area contributed by atoms with Crippen molar-refractivity contribution in [2.45, 2.75) is 76.4 Å². The highest BCUT2D eigenvalue weighted by Crippen LogP contribution is 2.54. The van der Waals surface area contributed by atoms with Crippen LogP contribution in [0.3, 0.4) is 0 Å². The molecular weight excluding hydrogens is 751 g/mol. The van der Waals surface area contributed by atoms with Crippen LogP contribution in [0.5, 0.6) is 5.75 Å². The monoisotopic (exact) mass is 801 g/mol. The number of aryl methyl sites for hydroxylation is 2. The van der Waals surface area contributed by atoms with E-state index in [-0.39, 0.29) is 29.5 Å². The van der Waals surface area contributed by atoms with Crippen molar-refractivity contribution in [3.05, 3.63) is 82.2 Å². The fraction of sp³-hybridized carbons (Fsp3) is 0.500. The van der Waals surface area contributed by atoms with Crippen molar-refractivity contribution in [3.8, 4) is 5.75 Å². The second-order valence-electron chi connectivity index (χ2n) is 17.8. The number of carbonyl (C=O) groups excluding carboxylic acids is 3. The lowest BCUT2D eigenvalue weighted by molar-refractivity contribution is -0.135. The van der Waals surface area contributed by atoms with Crippen LogP contribution >= 0.6 is 0 Å². The van der Waals surface area contributed by atoms with E-state index in [0.717, 1.165) is 91.3 Å². The number of rotatable bonds is 9. The average Bonchev–Trinajstić information content (AvgIpc) is 3.87. The summed E-state index contributed by atoms with van der Waals surface area (Å²) in [6.45, 7) is 7.85. The fourth-order valence-electron chi connectivity index (χ4n) is 10.7. The first-order valence-corrected chi connectivity index (χ1v) is 21.1. The van der Waals surface area contributed by atoms with Crippen LogP contribution in [0.25, 0.3) is 16.7 Å². The highest BCUT2D eigenvalue weighted by atomic mass is 16.5. The Kier molecular flexibility index (Phi) is 9.35. The Bertz CT molecular complexity index is 2540. The number of morpholine rings is 1. The second-order valence-corrected chi connectivity index (χ2v) is 17.8. The summed E-state index contributed by atoms with van der Waals surface area (Å²) < 4.78 is 17.3. The summed E-state index contributed by atoms with van der Waals surface area (Å²) in [6.07, 6.45) is 13.1. The summed E-state index contributed by atoms with van der Waals surface area (Å²) in [6, 6.07) is 11.3. The Labute approximate surface area is 341 Å². The van der Waals surface area contributed by atoms with Crippen molar-refractivity contribution >= 4 is 45.8 Å². The van der Waals surface area contributed by atoms with Gasteiger partial charge < -0.3 is 19.7 Å². The zero-order valence-corrected chi connectivity index (χ0v) is 33.7. The number of para-hydroxylation sites is 1. The van der Waals surface area contributed by atoms with E-state index in [9.17, 15) is 19.2 Å². The maximum atomic E-state index is 13.6. The number of piperidine rings is 2. The molecule has 1 saturated carbocycles. The lowest BCUT2D eigenvalue weighted by Gasteiger charge is -2.53. The summed E-state index contributed by atoms with van der Waals surface area (Å²) in [5.74, 6) is 0.583. The number of hydrogen-bond acceptors (Lipinski definition) is 10. The molecule has 2 aromatic carbocycles. The smallest absolute Gasteiger partial charge is 0.329 e. The molecule has 5 aromatic rings. The second kappa shape index (κ2) is 14.6. The predicted octanol–water partition coefficient (Wildman–Crippen LogP) is 4.27. The van der Waals surface area contributed by atoms with Crippen molar-refractivity contribution in [3.63, 3.8) is 0 Å². The number of imidazole rings is 1. The number of amides is 3. The largest absolute Gasteiger partial charge is 0.486 e. The number of hydrogen-bond donors (Lipinski definition) is 2. The lowest BCUT2D eigenvalue weighted by atomic mass is 9.56. The normalized spacial score (nSPS) is 23.4. The van der Waals surface area contributed by atoms with Gasteiger partial charge in [-0.1, -0.05) is 12.1 Å². The number of likely N-dealkylation sites (tertiary alicyclic amines) is 1. The average molecular weight is 802 g/mol. The Morgan fingerprint density at radius 2 is 1.86 bits per heavy atom. The van der Waals surface area contributed by atoms with E-state index in [1.165, 1.54) is 25.7 Å². The molecule has 59 heavy (non-hydrogen) atoms. The number of benzene rings is 2. The summed E-state index contributed by atoms with van der Waals surface area (Å²) in [5, 5.41) is 9.91. The number of ether oxygens (including phenoxy) is 2. The van der Waals surface area contributed by atoms with Gasteiger partial charge in [0.2, 0.25) is 11.8 Å². The molecule has 4 fully saturated rings. The van der Waals surface area contributed by atoms with Crippen molar-refractivity contribution in [2.24, 2.45) is 18.4 Å². The van der Waals surface area contributed by atoms with Gasteiger partial charge in [0.05, 0.1) is 41.8 Å². The number of fused-ring (bicyclic) bond motifs is 3. The van der Waals surface area contributed by atoms with Gasteiger partial charge in [-0.2, -0.15) is 5.10 Å². The number of aromatic nitrogens is 5. The number of nitrogens with zero attached hydrogens (tertiary/aromatic N) is 7. The third-order valence-corrected chi connectivity index (χ3v) is 13.7. The minimum Gasteiger partial charge on any atom is -0.486 e. The molecule has 15 nitrogen and oxygen atoms in total. The van der Waals surface area contributed by atoms with E-state index in [0.29, 0.717) is 42.2 Å². The zero-order chi connectivity index (χ0) is 40.5. The van der Waals surface area contributed by atoms with Crippen LogP contribution in [0.2, 0.25) is 0 Å². The van der Waals surface area contributed by atoms with Crippen LogP contribution in [-0.4, -0.2) is 97.9 Å². The van der Waals surface area contributed by atoms with E-state index in [1.807, 2.05) is 12.1 Å². The Morgan fingerprint density at radius 3 is 2.66 bits per heavy atom. The number of nitrogens with one attached hydrogen (secondary N) is 2. The topological polar surface area (TPSA) is 157 Å². The molecule has 7 heterocycles. The minimum absolute atomic E-state index is 0.221. The first-order valence-electron chi connectivity index (χ1n) is 21.1. The molecule has 10 rings (SSSR count). The van der Waals surface area contributed by atoms with E-state index < -0.39 is 11.9 Å². The summed E-state index contributed by atoms with van der Waals surface area (Å²) >= 11 is 0. The fourth-order valence-corrected chi connectivity index (χ4v) is 10.7. The molecule has 2 atom stereocenters. The zero-order valence-electron chi connectivity index (χ0n) is 33.7. The molecule has 2 unspecified atom stereocenters. The van der Waals surface area contributed by atoms with Crippen molar-refractivity contribution in [2.75, 3.05) is 56.2 Å². The molecule has 5 aliphatic rings. The Hall–Kier alpha value is -5.54. The molecule has 2 N–H and O–H groups in total. The molecular formula is C44H51N9O6. The first kappa shape index (κ1) is 37.7. The van der Waals surface area contributed by atoms with Crippen LogP contribution < -0.4 is 26.0 Å². The van der Waals surface area contributed by atoms with E-state index in [1.54, 1.807) is 45.4 Å². The van der Waals surface area contributed by atoms with Crippen LogP contribution in [0, 0.1) is 11.3 Å². The number of anilines is 2. The van der Waals surface area contributed by atoms with Gasteiger partial charge in [0.25, 0.3) is 5.91 Å². The molecule has 4 aliphatic heterocycles. The van der Waals surface area contributed by atoms with Gasteiger partial charge in [0.1, 0.15) is 23.0 Å². The molecule has 1 spiro atoms. The van der Waals surface area contributed by atoms with Crippen LogP contribution in [-0.2, 0) is 34.2 Å². The molecule has 1 aliphatic carbocycles. The van der Waals surface area contributed by atoms with Gasteiger partial charge in [0, 0.05) is 63.5 Å². The summed E-state index contributed by atoms with van der Waals surface area (Å²) in [7, 11) is 1.78. The van der Waals surface area contributed by atoms with Crippen LogP contribution in [0.1, 0.15) is 79.4 Å². The standard InChI is InChI=1S/C44H51N9O6/c1-43(25-30-21-32(35(22-36(30)59-43)51-17-19-58-20-18-51)47-40(55)31-26-46-52-14-4-13-45-39(31)52)27-50-15-11-44(12-16-50)23-28(24-44)7-8-29-5-3-6-33-38(29)49(2)42(57)53(33)34-9-10-37(54)48-41(34)56/h3-6,13-14,21-22,26,28,34H,7-12,15-20,23-25,27H2,1-2H3,(H,47,55)(H,48,54,56). The summed E-state index contributed by atoms with van der Waals surface area (Å²) in [4.78, 5) is 60.7. The third kappa shape index (κ3) is 6.87. The Morgan fingerprint density at radius 1 is 1.05 bits per heavy atom. The highest BCUT2D eigenvalue weighted by molar-refractivity contribution is 6.09. The lowest BCUT2D eigenvalue weighted by Crippen LogP contribution is -2.51. The molecule has 15 heteroatoms. The molecule has 308 valence electrons. The molecule has 0 bridgehead atoms. The van der Waals surface area contributed by atoms with Crippen molar-refractivity contribution in [1.82, 2.24) is 33.9 Å². The van der Waals surface area contributed by atoms with E-state index in [2.05, 4.69) is 55.6 Å². The third-order valence-electron chi connectivity index (χ3n) is 13.7. The quantitative estimate of drug-likeness (QED) is 0.207. The predicted molar refractivity (Wildman–Crippen MR) is 221 cm³/mol. The summed E-state index contributed by atoms with van der Waals surface area (Å²) in [5.41, 5.74) is 6.27. The van der Waals surface area contributed by atoms with Crippen molar-refractivity contribution in [1.29, 1.82) is 0 Å². The highest BCUT2D eigenvalue weighted by Gasteiger charge is 2.47. The van der Waals surface area contributed by atoms with E-state index in [4.69, 9.17) is 9.47 Å². The van der Waals surface area contributed by atoms with Gasteiger partial charge in [-0.05, 0) is 100 Å². The molecule has 3 aromatic heterocycles. The van der Waals surface area contributed by atoms with Gasteiger partial charge in [0.15, 0.2) is 5.65 Å². The molecule has 3 saturated heterocycles. The first-order chi connectivity index (χ1) is 28.6. The van der Waals surface area contributed by atoms with Gasteiger partial charge >= 0.3 is 5.69 Å². The molecule has 0 radical (unpaired) electrons. The van der Waals surface area contributed by atoms with Crippen LogP contribution in [0.4, 0.5) is 11.4 Å².